The van der Waals surface area contributed by atoms with E-state index in [1.165, 1.54) is 0 Å². The number of aromatic nitrogens is 6. The van der Waals surface area contributed by atoms with Crippen LogP contribution >= 0.6 is 35.0 Å². The van der Waals surface area contributed by atoms with Crippen LogP contribution in [0, 0.1) is 11.6 Å². The van der Waals surface area contributed by atoms with Gasteiger partial charge in [-0.05, 0) is 35.4 Å². The fraction of sp³-hybridized carbons (Fsp3) is 0.273. The molecule has 4 rings (SSSR count). The van der Waals surface area contributed by atoms with Crippen LogP contribution in [0.2, 0.25) is 10.0 Å². The summed E-state index contributed by atoms with van der Waals surface area (Å²) in [6.07, 6.45) is -21.5. The fourth-order valence-electron chi connectivity index (χ4n) is 3.93. The van der Waals surface area contributed by atoms with Gasteiger partial charge in [-0.3, -0.25) is 0 Å². The summed E-state index contributed by atoms with van der Waals surface area (Å²) >= 11 is 10.5. The molecule has 244 valence electrons. The minimum absolute atomic E-state index is 0.114. The molecule has 2 atom stereocenters. The van der Waals surface area contributed by atoms with E-state index in [0.717, 1.165) is 0 Å². The molecule has 0 bridgehead atoms. The lowest BCUT2D eigenvalue weighted by atomic mass is 10.0. The molecule has 45 heavy (non-hydrogen) atoms. The van der Waals surface area contributed by atoms with Crippen molar-refractivity contribution in [3.05, 3.63) is 69.5 Å². The number of benzene rings is 2. The molecule has 6 nitrogen and oxygen atoms in total. The number of hydrogen-bond donors (Lipinski definition) is 0. The summed E-state index contributed by atoms with van der Waals surface area (Å²) < 4.78 is 194. The summed E-state index contributed by atoms with van der Waals surface area (Å²) in [6.45, 7) is 0. The number of thioether (sulfide) groups is 1. The van der Waals surface area contributed by atoms with Crippen LogP contribution in [0.25, 0.3) is 22.5 Å². The first kappa shape index (κ1) is 34.5. The number of hydrogen-bond acceptors (Lipinski definition) is 5. The smallest absolute Gasteiger partial charge is 0.206 e. The van der Waals surface area contributed by atoms with Gasteiger partial charge in [0.2, 0.25) is 0 Å². The van der Waals surface area contributed by atoms with E-state index in [4.69, 9.17) is 23.2 Å². The zero-order valence-electron chi connectivity index (χ0n) is 20.8. The van der Waals surface area contributed by atoms with Crippen molar-refractivity contribution in [2.75, 3.05) is 0 Å². The van der Waals surface area contributed by atoms with Crippen LogP contribution < -0.4 is 0 Å². The quantitative estimate of drug-likeness (QED) is 0.186. The maximum atomic E-state index is 14.7. The van der Waals surface area contributed by atoms with Crippen LogP contribution in [0.3, 0.4) is 0 Å². The molecule has 0 aliphatic carbocycles. The van der Waals surface area contributed by atoms with Gasteiger partial charge in [0.15, 0.2) is 0 Å². The molecule has 23 heteroatoms. The van der Waals surface area contributed by atoms with Crippen molar-refractivity contribution in [2.45, 2.75) is 35.5 Å². The van der Waals surface area contributed by atoms with Gasteiger partial charge in [-0.1, -0.05) is 33.6 Å². The second-order valence-electron chi connectivity index (χ2n) is 8.68. The molecule has 2 aromatic heterocycles. The maximum Gasteiger partial charge on any atom is 0.506 e. The van der Waals surface area contributed by atoms with Gasteiger partial charge < -0.3 is 0 Å². The molecule has 0 saturated heterocycles. The van der Waals surface area contributed by atoms with Crippen LogP contribution in [0.4, 0.5) is 61.5 Å². The molecule has 2 unspecified atom stereocenters. The SMILES string of the molecule is Fc1cc(Cl)c(C(SC(c2cc(-c3cnnn3C(F)(F)F)c(F)cc2Cl)C(F)(F)F)C(F)(F)F)cc1-c1cnnn1C(F)(F)F. The predicted molar refractivity (Wildman–Crippen MR) is 129 cm³/mol. The molecular weight excluding hydrogens is 717 g/mol. The highest BCUT2D eigenvalue weighted by atomic mass is 35.5. The van der Waals surface area contributed by atoms with Crippen molar-refractivity contribution in [1.82, 2.24) is 30.0 Å². The zero-order valence-corrected chi connectivity index (χ0v) is 23.1. The molecule has 2 heterocycles. The molecule has 0 aliphatic rings. The summed E-state index contributed by atoms with van der Waals surface area (Å²) in [7, 11) is 0. The number of nitrogens with zero attached hydrogens (tertiary/aromatic N) is 6. The number of alkyl halides is 12. The van der Waals surface area contributed by atoms with E-state index in [1.54, 1.807) is 0 Å². The van der Waals surface area contributed by atoms with E-state index in [0.29, 0.717) is 12.4 Å². The van der Waals surface area contributed by atoms with E-state index in [2.05, 4.69) is 20.6 Å². The van der Waals surface area contributed by atoms with Gasteiger partial charge in [0, 0.05) is 21.2 Å². The van der Waals surface area contributed by atoms with E-state index in [9.17, 15) is 61.5 Å². The summed E-state index contributed by atoms with van der Waals surface area (Å²) in [6, 6.07) is 0.469. The van der Waals surface area contributed by atoms with Crippen molar-refractivity contribution in [3.8, 4) is 22.5 Å². The molecule has 4 aromatic rings. The Balaban J connectivity index is 1.90. The molecule has 0 amide bonds. The van der Waals surface area contributed by atoms with Gasteiger partial charge in [0.1, 0.15) is 33.5 Å². The largest absolute Gasteiger partial charge is 0.506 e. The Labute approximate surface area is 253 Å². The Kier molecular flexibility index (Phi) is 9.05. The predicted octanol–water partition coefficient (Wildman–Crippen LogP) is 9.38. The first-order valence-electron chi connectivity index (χ1n) is 11.2. The van der Waals surface area contributed by atoms with Gasteiger partial charge in [0.25, 0.3) is 0 Å². The van der Waals surface area contributed by atoms with Crippen LogP contribution in [0.5, 0.6) is 0 Å². The second kappa shape index (κ2) is 11.8. The fourth-order valence-corrected chi connectivity index (χ4v) is 5.84. The molecule has 0 saturated carbocycles. The molecule has 0 spiro atoms. The van der Waals surface area contributed by atoms with Crippen molar-refractivity contribution in [3.63, 3.8) is 0 Å². The average Bonchev–Trinajstić information content (AvgIpc) is 3.55. The normalized spacial score (nSPS) is 14.6. The van der Waals surface area contributed by atoms with E-state index in [-0.39, 0.29) is 24.3 Å². The first-order chi connectivity index (χ1) is 20.5. The molecule has 2 aromatic carbocycles. The standard InChI is InChI=1S/C22H8Cl2F14N6S/c23-11-3-13(25)9(15-5-39-41-43(15)21(33,34)35)1-7(11)17(19(27,28)29)45-18(20(30,31)32)8-2-10(14(26)4-12(8)24)16-6-40-42-44(16)22(36,37)38/h1-6,17-18H. The summed E-state index contributed by atoms with van der Waals surface area (Å²) in [5.41, 5.74) is -7.65. The van der Waals surface area contributed by atoms with Gasteiger partial charge >= 0.3 is 25.0 Å². The third kappa shape index (κ3) is 7.08. The Bertz CT molecular complexity index is 1590. The van der Waals surface area contributed by atoms with Crippen LogP contribution in [-0.2, 0) is 12.6 Å². The van der Waals surface area contributed by atoms with Crippen LogP contribution in [0.15, 0.2) is 36.7 Å². The van der Waals surface area contributed by atoms with E-state index >= 15 is 0 Å². The topological polar surface area (TPSA) is 61.4 Å². The highest BCUT2D eigenvalue weighted by Gasteiger charge is 2.51. The Morgan fingerprint density at radius 2 is 0.911 bits per heavy atom. The van der Waals surface area contributed by atoms with E-state index in [1.807, 2.05) is 0 Å². The maximum absolute atomic E-state index is 14.7. The highest BCUT2D eigenvalue weighted by Crippen LogP contribution is 2.57. The summed E-state index contributed by atoms with van der Waals surface area (Å²) in [5, 5.41) is 2.11. The highest BCUT2D eigenvalue weighted by molar-refractivity contribution is 7.99. The van der Waals surface area contributed by atoms with Gasteiger partial charge in [-0.15, -0.1) is 48.3 Å². The van der Waals surface area contributed by atoms with Crippen molar-refractivity contribution in [1.29, 1.82) is 0 Å². The van der Waals surface area contributed by atoms with Crippen molar-refractivity contribution in [2.24, 2.45) is 0 Å². The van der Waals surface area contributed by atoms with E-state index < -0.39 is 112 Å². The zero-order chi connectivity index (χ0) is 33.9. The summed E-state index contributed by atoms with van der Waals surface area (Å²) in [5.74, 6) is -3.26. The van der Waals surface area contributed by atoms with Crippen LogP contribution in [-0.4, -0.2) is 42.3 Å². The number of rotatable bonds is 6. The Hall–Kier alpha value is -3.33. The first-order valence-corrected chi connectivity index (χ1v) is 12.9. The third-order valence-corrected chi connectivity index (χ3v) is 7.98. The second-order valence-corrected chi connectivity index (χ2v) is 10.7. The lowest BCUT2D eigenvalue weighted by Crippen LogP contribution is -2.25. The molecule has 0 N–H and O–H groups in total. The Morgan fingerprint density at radius 3 is 1.20 bits per heavy atom. The number of halogens is 16. The minimum atomic E-state index is -5.69. The van der Waals surface area contributed by atoms with Gasteiger partial charge in [0.05, 0.1) is 12.4 Å². The summed E-state index contributed by atoms with van der Waals surface area (Å²) in [4.78, 5) is 0. The Morgan fingerprint density at radius 1 is 0.578 bits per heavy atom. The van der Waals surface area contributed by atoms with Crippen LogP contribution in [0.1, 0.15) is 21.6 Å². The third-order valence-electron chi connectivity index (χ3n) is 5.74. The molecule has 0 aliphatic heterocycles. The lowest BCUT2D eigenvalue weighted by Gasteiger charge is -2.29. The molecule has 0 fully saturated rings. The van der Waals surface area contributed by atoms with Crippen molar-refractivity contribution < 1.29 is 61.5 Å². The monoisotopic (exact) mass is 724 g/mol. The van der Waals surface area contributed by atoms with Gasteiger partial charge in [-0.25, -0.2) is 8.78 Å². The van der Waals surface area contributed by atoms with Gasteiger partial charge in [-0.2, -0.15) is 35.7 Å². The van der Waals surface area contributed by atoms with Crippen molar-refractivity contribution >= 4 is 35.0 Å². The molecular formula is C22H8Cl2F14N6S. The lowest BCUT2D eigenvalue weighted by molar-refractivity contribution is -0.212. The molecule has 0 radical (unpaired) electrons. The minimum Gasteiger partial charge on any atom is -0.206 e. The average molecular weight is 725 g/mol.